The third kappa shape index (κ3) is 5.03. The first-order valence-electron chi connectivity index (χ1n) is 9.84. The number of pyridine rings is 2. The van der Waals surface area contributed by atoms with Crippen LogP contribution in [0.4, 0.5) is 5.82 Å². The average molecular weight is 492 g/mol. The lowest BCUT2D eigenvalue weighted by molar-refractivity contribution is -0.128. The quantitative estimate of drug-likeness (QED) is 0.503. The Morgan fingerprint density at radius 3 is 2.81 bits per heavy atom. The Hall–Kier alpha value is -2.69. The highest BCUT2D eigenvalue weighted by Gasteiger charge is 2.26. The Balaban J connectivity index is 1.55. The van der Waals surface area contributed by atoms with Gasteiger partial charge in [-0.25, -0.2) is 9.97 Å². The van der Waals surface area contributed by atoms with Crippen LogP contribution in [0.2, 0.25) is 10.0 Å². The van der Waals surface area contributed by atoms with Gasteiger partial charge < -0.3 is 10.2 Å². The van der Waals surface area contributed by atoms with E-state index in [4.69, 9.17) is 23.2 Å². The van der Waals surface area contributed by atoms with Gasteiger partial charge in [-0.1, -0.05) is 41.0 Å². The molecule has 32 heavy (non-hydrogen) atoms. The molecule has 0 aliphatic carbocycles. The topological polar surface area (TPSA) is 106 Å². The summed E-state index contributed by atoms with van der Waals surface area (Å²) in [5, 5.41) is 11.8. The number of nitrogens with one attached hydrogen (secondary N) is 1. The second-order valence-corrected chi connectivity index (χ2v) is 9.23. The van der Waals surface area contributed by atoms with Gasteiger partial charge in [0, 0.05) is 25.4 Å². The molecule has 1 aliphatic rings. The molecule has 3 aromatic heterocycles. The predicted molar refractivity (Wildman–Crippen MR) is 122 cm³/mol. The zero-order valence-corrected chi connectivity index (χ0v) is 19.4. The van der Waals surface area contributed by atoms with E-state index < -0.39 is 5.25 Å². The van der Waals surface area contributed by atoms with Crippen LogP contribution in [-0.4, -0.2) is 53.2 Å². The van der Waals surface area contributed by atoms with Crippen LogP contribution in [0.15, 0.2) is 41.8 Å². The molecule has 0 spiro atoms. The second kappa shape index (κ2) is 9.85. The summed E-state index contributed by atoms with van der Waals surface area (Å²) >= 11 is 13.2. The largest absolute Gasteiger partial charge is 0.335 e. The van der Waals surface area contributed by atoms with E-state index in [2.05, 4.69) is 25.5 Å². The van der Waals surface area contributed by atoms with E-state index in [9.17, 15) is 9.59 Å². The number of rotatable bonds is 7. The van der Waals surface area contributed by atoms with Crippen molar-refractivity contribution in [3.05, 3.63) is 52.5 Å². The Kier molecular flexibility index (Phi) is 6.92. The molecule has 1 saturated heterocycles. The van der Waals surface area contributed by atoms with Crippen LogP contribution in [-0.2, 0) is 16.1 Å². The summed E-state index contributed by atoms with van der Waals surface area (Å²) in [5.41, 5.74) is 0. The molecule has 4 heterocycles. The highest BCUT2D eigenvalue weighted by Crippen LogP contribution is 2.28. The van der Waals surface area contributed by atoms with Crippen molar-refractivity contribution in [3.63, 3.8) is 0 Å². The molecule has 166 valence electrons. The molecule has 0 bridgehead atoms. The van der Waals surface area contributed by atoms with E-state index in [0.29, 0.717) is 41.3 Å². The summed E-state index contributed by atoms with van der Waals surface area (Å²) in [4.78, 5) is 35.0. The molecule has 2 amide bonds. The number of aromatic nitrogens is 5. The van der Waals surface area contributed by atoms with E-state index in [1.54, 1.807) is 22.6 Å². The summed E-state index contributed by atoms with van der Waals surface area (Å²) in [6.07, 6.45) is 4.44. The van der Waals surface area contributed by atoms with Gasteiger partial charge in [-0.05, 0) is 31.5 Å². The highest BCUT2D eigenvalue weighted by molar-refractivity contribution is 8.00. The number of amides is 2. The first kappa shape index (κ1) is 22.5. The molecule has 0 saturated carbocycles. The first-order chi connectivity index (χ1) is 15.4. The maximum Gasteiger partial charge on any atom is 0.238 e. The smallest absolute Gasteiger partial charge is 0.238 e. The molecule has 1 unspecified atom stereocenters. The normalized spacial score (nSPS) is 14.6. The van der Waals surface area contributed by atoms with Crippen LogP contribution >= 0.6 is 35.0 Å². The first-order valence-corrected chi connectivity index (χ1v) is 11.5. The van der Waals surface area contributed by atoms with Gasteiger partial charge in [-0.2, -0.15) is 0 Å². The Morgan fingerprint density at radius 1 is 1.28 bits per heavy atom. The third-order valence-corrected chi connectivity index (χ3v) is 6.32. The van der Waals surface area contributed by atoms with Crippen molar-refractivity contribution in [1.82, 2.24) is 29.6 Å². The molecule has 1 N–H and O–H groups in total. The van der Waals surface area contributed by atoms with Crippen molar-refractivity contribution >= 4 is 52.6 Å². The number of thioether (sulfide) groups is 1. The van der Waals surface area contributed by atoms with Crippen LogP contribution in [0, 0.1) is 0 Å². The van der Waals surface area contributed by atoms with Crippen LogP contribution in [0.3, 0.4) is 0 Å². The third-order valence-electron chi connectivity index (χ3n) is 4.78. The number of carbonyl (C=O) groups excluding carboxylic acids is 2. The molecule has 1 atom stereocenters. The second-order valence-electron chi connectivity index (χ2n) is 7.07. The van der Waals surface area contributed by atoms with E-state index in [1.165, 1.54) is 24.0 Å². The van der Waals surface area contributed by atoms with Crippen molar-refractivity contribution in [2.75, 3.05) is 11.9 Å². The van der Waals surface area contributed by atoms with E-state index >= 15 is 0 Å². The zero-order valence-electron chi connectivity index (χ0n) is 17.0. The lowest BCUT2D eigenvalue weighted by Gasteiger charge is -2.17. The minimum Gasteiger partial charge on any atom is -0.335 e. The van der Waals surface area contributed by atoms with Crippen LogP contribution in [0.1, 0.15) is 25.6 Å². The predicted octanol–water partition coefficient (Wildman–Crippen LogP) is 3.61. The van der Waals surface area contributed by atoms with Crippen molar-refractivity contribution in [2.24, 2.45) is 0 Å². The Bertz CT molecular complexity index is 1140. The number of carbonyl (C=O) groups is 2. The van der Waals surface area contributed by atoms with Gasteiger partial charge in [0.1, 0.15) is 5.82 Å². The van der Waals surface area contributed by atoms with Crippen LogP contribution in [0.5, 0.6) is 0 Å². The highest BCUT2D eigenvalue weighted by atomic mass is 35.5. The maximum atomic E-state index is 12.7. The Morgan fingerprint density at radius 2 is 2.12 bits per heavy atom. The molecule has 12 heteroatoms. The van der Waals surface area contributed by atoms with Gasteiger partial charge in [0.05, 0.1) is 21.8 Å². The van der Waals surface area contributed by atoms with Gasteiger partial charge in [0.25, 0.3) is 0 Å². The van der Waals surface area contributed by atoms with Crippen LogP contribution < -0.4 is 5.32 Å². The van der Waals surface area contributed by atoms with Crippen molar-refractivity contribution in [1.29, 1.82) is 0 Å². The fourth-order valence-electron chi connectivity index (χ4n) is 3.17. The van der Waals surface area contributed by atoms with Gasteiger partial charge >= 0.3 is 0 Å². The number of likely N-dealkylation sites (tertiary alicyclic amines) is 1. The molecule has 0 radical (unpaired) electrons. The van der Waals surface area contributed by atoms with Crippen LogP contribution in [0.25, 0.3) is 5.82 Å². The zero-order chi connectivity index (χ0) is 22.7. The summed E-state index contributed by atoms with van der Waals surface area (Å²) in [7, 11) is 0. The summed E-state index contributed by atoms with van der Waals surface area (Å²) in [6, 6.07) is 6.99. The number of hydrogen-bond donors (Lipinski definition) is 1. The summed E-state index contributed by atoms with van der Waals surface area (Å²) < 4.78 is 1.77. The Labute approximate surface area is 198 Å². The molecular formula is C20H19Cl2N7O2S. The van der Waals surface area contributed by atoms with E-state index in [1.807, 2.05) is 18.2 Å². The maximum absolute atomic E-state index is 12.7. The number of hydrogen-bond acceptors (Lipinski definition) is 7. The molecular weight excluding hydrogens is 473 g/mol. The average Bonchev–Trinajstić information content (AvgIpc) is 3.36. The molecule has 1 aliphatic heterocycles. The number of halogens is 2. The molecule has 0 aromatic carbocycles. The standard InChI is InChI=1S/C20H19Cl2N7O2S/c1-12(19(31)25-18-14(22)9-13(21)10-24-18)32-20-27-26-16(11-28-8-4-6-17(28)30)29(20)15-5-2-3-7-23-15/h2-3,5,7,9-10,12H,4,6,8,11H2,1H3,(H,24,25,31). The molecule has 9 nitrogen and oxygen atoms in total. The fraction of sp³-hybridized carbons (Fsp3) is 0.300. The lowest BCUT2D eigenvalue weighted by Crippen LogP contribution is -2.26. The number of anilines is 1. The van der Waals surface area contributed by atoms with Crippen molar-refractivity contribution in [3.8, 4) is 5.82 Å². The van der Waals surface area contributed by atoms with Gasteiger partial charge in [-0.3, -0.25) is 14.2 Å². The van der Waals surface area contributed by atoms with Gasteiger partial charge in [0.2, 0.25) is 11.8 Å². The monoisotopic (exact) mass is 491 g/mol. The summed E-state index contributed by atoms with van der Waals surface area (Å²) in [5.74, 6) is 1.20. The molecule has 4 rings (SSSR count). The van der Waals surface area contributed by atoms with E-state index in [-0.39, 0.29) is 22.7 Å². The van der Waals surface area contributed by atoms with Gasteiger partial charge in [-0.15, -0.1) is 10.2 Å². The number of nitrogens with zero attached hydrogens (tertiary/aromatic N) is 6. The summed E-state index contributed by atoms with van der Waals surface area (Å²) in [6.45, 7) is 2.75. The SMILES string of the molecule is CC(Sc1nnc(CN2CCCC2=O)n1-c1ccccn1)C(=O)Nc1ncc(Cl)cc1Cl. The van der Waals surface area contributed by atoms with Crippen molar-refractivity contribution in [2.45, 2.75) is 36.7 Å². The molecule has 3 aromatic rings. The fourth-order valence-corrected chi connectivity index (χ4v) is 4.48. The van der Waals surface area contributed by atoms with Crippen molar-refractivity contribution < 1.29 is 9.59 Å². The lowest BCUT2D eigenvalue weighted by atomic mass is 10.4. The molecule has 1 fully saturated rings. The minimum absolute atomic E-state index is 0.0925. The minimum atomic E-state index is -0.545. The van der Waals surface area contributed by atoms with Gasteiger partial charge in [0.15, 0.2) is 16.8 Å². The van der Waals surface area contributed by atoms with E-state index in [0.717, 1.165) is 6.42 Å².